The van der Waals surface area contributed by atoms with Gasteiger partial charge in [-0.15, -0.1) is 0 Å². The van der Waals surface area contributed by atoms with E-state index in [9.17, 15) is 4.79 Å². The van der Waals surface area contributed by atoms with E-state index in [1.165, 1.54) is 24.8 Å². The van der Waals surface area contributed by atoms with E-state index in [0.29, 0.717) is 18.5 Å². The Morgan fingerprint density at radius 1 is 1.35 bits per heavy atom. The van der Waals surface area contributed by atoms with Crippen LogP contribution in [0.15, 0.2) is 11.6 Å². The van der Waals surface area contributed by atoms with Crippen LogP contribution in [-0.2, 0) is 9.47 Å². The Balaban J connectivity index is 1.76. The predicted octanol–water partition coefficient (Wildman–Crippen LogP) is 3.01. The van der Waals surface area contributed by atoms with Gasteiger partial charge in [-0.1, -0.05) is 18.9 Å². The first kappa shape index (κ1) is 18.3. The molecule has 0 aromatic rings. The van der Waals surface area contributed by atoms with Crippen molar-refractivity contribution in [3.05, 3.63) is 11.6 Å². The van der Waals surface area contributed by atoms with Gasteiger partial charge in [0.1, 0.15) is 5.60 Å². The Morgan fingerprint density at radius 3 is 2.83 bits per heavy atom. The summed E-state index contributed by atoms with van der Waals surface area (Å²) in [6.45, 7) is 8.83. The minimum Gasteiger partial charge on any atom is -0.444 e. The maximum Gasteiger partial charge on any atom is 0.407 e. The number of carbonyl (C=O) groups is 1. The summed E-state index contributed by atoms with van der Waals surface area (Å²) in [5.74, 6) is 0.473. The number of rotatable bonds is 5. The Kier molecular flexibility index (Phi) is 6.90. The second-order valence-corrected chi connectivity index (χ2v) is 7.62. The van der Waals surface area contributed by atoms with Gasteiger partial charge in [0.15, 0.2) is 0 Å². The van der Waals surface area contributed by atoms with Gasteiger partial charge in [-0.2, -0.15) is 0 Å². The van der Waals surface area contributed by atoms with Crippen LogP contribution in [0.3, 0.4) is 0 Å². The highest BCUT2D eigenvalue weighted by Gasteiger charge is 2.26. The zero-order valence-electron chi connectivity index (χ0n) is 14.8. The molecule has 2 aliphatic rings. The maximum absolute atomic E-state index is 11.8. The SMILES string of the molecule is CC(C)(C)OC(=O)NC[C@H]1CCCC[C@H]1NCC1=CCCOC1. The van der Waals surface area contributed by atoms with E-state index in [1.54, 1.807) is 0 Å². The van der Waals surface area contributed by atoms with Gasteiger partial charge >= 0.3 is 6.09 Å². The standard InChI is InChI=1S/C18H32N2O3/c1-18(2,3)23-17(21)20-12-15-8-4-5-9-16(15)19-11-14-7-6-10-22-13-14/h7,15-16,19H,4-6,8-13H2,1-3H3,(H,20,21)/t15-,16-/m1/s1. The van der Waals surface area contributed by atoms with Crippen LogP contribution < -0.4 is 10.6 Å². The normalized spacial score (nSPS) is 25.6. The number of ether oxygens (including phenoxy) is 2. The van der Waals surface area contributed by atoms with Crippen molar-refractivity contribution < 1.29 is 14.3 Å². The molecule has 0 unspecified atom stereocenters. The predicted molar refractivity (Wildman–Crippen MR) is 91.5 cm³/mol. The van der Waals surface area contributed by atoms with Gasteiger partial charge in [0.05, 0.1) is 13.2 Å². The highest BCUT2D eigenvalue weighted by Crippen LogP contribution is 2.24. The van der Waals surface area contributed by atoms with Crippen molar-refractivity contribution in [2.24, 2.45) is 5.92 Å². The molecule has 2 atom stereocenters. The van der Waals surface area contributed by atoms with Gasteiger partial charge in [0.25, 0.3) is 0 Å². The fourth-order valence-electron chi connectivity index (χ4n) is 3.24. The average molecular weight is 324 g/mol. The van der Waals surface area contributed by atoms with E-state index in [1.807, 2.05) is 20.8 Å². The number of carbonyl (C=O) groups excluding carboxylic acids is 1. The number of hydrogen-bond acceptors (Lipinski definition) is 4. The third kappa shape index (κ3) is 6.92. The summed E-state index contributed by atoms with van der Waals surface area (Å²) in [4.78, 5) is 11.8. The molecule has 5 nitrogen and oxygen atoms in total. The molecule has 2 N–H and O–H groups in total. The van der Waals surface area contributed by atoms with Gasteiger partial charge in [0.2, 0.25) is 0 Å². The molecule has 23 heavy (non-hydrogen) atoms. The Bertz CT molecular complexity index is 415. The fourth-order valence-corrected chi connectivity index (χ4v) is 3.24. The van der Waals surface area contributed by atoms with Gasteiger partial charge in [-0.05, 0) is 51.5 Å². The summed E-state index contributed by atoms with van der Waals surface area (Å²) in [7, 11) is 0. The molecule has 1 fully saturated rings. The molecule has 1 aliphatic heterocycles. The first-order valence-corrected chi connectivity index (χ1v) is 8.90. The Morgan fingerprint density at radius 2 is 2.13 bits per heavy atom. The first-order valence-electron chi connectivity index (χ1n) is 8.90. The third-order valence-electron chi connectivity index (χ3n) is 4.39. The van der Waals surface area contributed by atoms with Crippen molar-refractivity contribution in [2.75, 3.05) is 26.3 Å². The van der Waals surface area contributed by atoms with E-state index in [2.05, 4.69) is 16.7 Å². The van der Waals surface area contributed by atoms with E-state index < -0.39 is 5.60 Å². The second-order valence-electron chi connectivity index (χ2n) is 7.62. The van der Waals surface area contributed by atoms with Gasteiger partial charge < -0.3 is 20.1 Å². The summed E-state index contributed by atoms with van der Waals surface area (Å²) in [6, 6.07) is 0.460. The first-order chi connectivity index (χ1) is 10.9. The van der Waals surface area contributed by atoms with Crippen molar-refractivity contribution in [1.82, 2.24) is 10.6 Å². The summed E-state index contributed by atoms with van der Waals surface area (Å²) >= 11 is 0. The van der Waals surface area contributed by atoms with Crippen LogP contribution in [0.1, 0.15) is 52.9 Å². The fraction of sp³-hybridized carbons (Fsp3) is 0.833. The molecule has 0 saturated heterocycles. The molecule has 2 rings (SSSR count). The van der Waals surface area contributed by atoms with E-state index in [4.69, 9.17) is 9.47 Å². The van der Waals surface area contributed by atoms with Crippen molar-refractivity contribution in [1.29, 1.82) is 0 Å². The summed E-state index contributed by atoms with van der Waals surface area (Å²) in [5.41, 5.74) is 0.905. The molecule has 1 aliphatic carbocycles. The lowest BCUT2D eigenvalue weighted by Crippen LogP contribution is -2.45. The number of alkyl carbamates (subject to hydrolysis) is 1. The quantitative estimate of drug-likeness (QED) is 0.763. The topological polar surface area (TPSA) is 59.6 Å². The number of amides is 1. The van der Waals surface area contributed by atoms with Crippen molar-refractivity contribution in [3.8, 4) is 0 Å². The molecule has 0 bridgehead atoms. The minimum absolute atomic E-state index is 0.315. The van der Waals surface area contributed by atoms with Crippen LogP contribution in [0.4, 0.5) is 4.79 Å². The van der Waals surface area contributed by atoms with Crippen molar-refractivity contribution in [2.45, 2.75) is 64.5 Å². The summed E-state index contributed by atoms with van der Waals surface area (Å²) in [5, 5.41) is 6.61. The molecule has 0 aromatic carbocycles. The minimum atomic E-state index is -0.443. The van der Waals surface area contributed by atoms with Gasteiger partial charge in [-0.25, -0.2) is 4.79 Å². The van der Waals surface area contributed by atoms with Crippen LogP contribution in [0, 0.1) is 5.92 Å². The molecule has 0 radical (unpaired) electrons. The molecular weight excluding hydrogens is 292 g/mol. The lowest BCUT2D eigenvalue weighted by molar-refractivity contribution is 0.0511. The van der Waals surface area contributed by atoms with E-state index in [0.717, 1.165) is 32.6 Å². The second kappa shape index (κ2) is 8.69. The number of hydrogen-bond donors (Lipinski definition) is 2. The van der Waals surface area contributed by atoms with Crippen LogP contribution in [0.5, 0.6) is 0 Å². The average Bonchev–Trinajstić information content (AvgIpc) is 2.51. The molecule has 5 heteroatoms. The molecule has 132 valence electrons. The Hall–Kier alpha value is -1.07. The Labute approximate surface area is 140 Å². The largest absolute Gasteiger partial charge is 0.444 e. The maximum atomic E-state index is 11.8. The van der Waals surface area contributed by atoms with Gasteiger partial charge in [0, 0.05) is 19.1 Å². The lowest BCUT2D eigenvalue weighted by atomic mass is 9.84. The monoisotopic (exact) mass is 324 g/mol. The van der Waals surface area contributed by atoms with Gasteiger partial charge in [-0.3, -0.25) is 0 Å². The van der Waals surface area contributed by atoms with Crippen LogP contribution in [0.2, 0.25) is 0 Å². The van der Waals surface area contributed by atoms with Crippen LogP contribution in [-0.4, -0.2) is 44.0 Å². The zero-order valence-corrected chi connectivity index (χ0v) is 14.8. The number of nitrogens with one attached hydrogen (secondary N) is 2. The van der Waals surface area contributed by atoms with Crippen LogP contribution >= 0.6 is 0 Å². The van der Waals surface area contributed by atoms with Crippen molar-refractivity contribution >= 4 is 6.09 Å². The highest BCUT2D eigenvalue weighted by atomic mass is 16.6. The molecule has 1 amide bonds. The smallest absolute Gasteiger partial charge is 0.407 e. The lowest BCUT2D eigenvalue weighted by Gasteiger charge is -2.33. The molecular formula is C18H32N2O3. The van der Waals surface area contributed by atoms with Crippen LogP contribution in [0.25, 0.3) is 0 Å². The van der Waals surface area contributed by atoms with E-state index >= 15 is 0 Å². The summed E-state index contributed by atoms with van der Waals surface area (Å²) in [6.07, 6.45) is 7.82. The third-order valence-corrected chi connectivity index (χ3v) is 4.39. The molecule has 0 aromatic heterocycles. The molecule has 0 spiro atoms. The summed E-state index contributed by atoms with van der Waals surface area (Å²) < 4.78 is 10.8. The molecule has 1 heterocycles. The highest BCUT2D eigenvalue weighted by molar-refractivity contribution is 5.67. The zero-order chi connectivity index (χ0) is 16.7. The molecule has 1 saturated carbocycles. The van der Waals surface area contributed by atoms with E-state index in [-0.39, 0.29) is 6.09 Å². The van der Waals surface area contributed by atoms with Crippen molar-refractivity contribution in [3.63, 3.8) is 0 Å².